The Labute approximate surface area is 154 Å². The zero-order valence-corrected chi connectivity index (χ0v) is 14.9. The van der Waals surface area contributed by atoms with Crippen LogP contribution in [-0.2, 0) is 22.7 Å². The number of benzene rings is 2. The third-order valence-electron chi connectivity index (χ3n) is 4.65. The third kappa shape index (κ3) is 3.08. The van der Waals surface area contributed by atoms with E-state index in [4.69, 9.17) is 9.15 Å². The van der Waals surface area contributed by atoms with Gasteiger partial charge in [-0.05, 0) is 37.1 Å². The maximum absolute atomic E-state index is 12.4. The molecule has 7 nitrogen and oxygen atoms in total. The Balaban J connectivity index is 1.50. The van der Waals surface area contributed by atoms with Gasteiger partial charge in [-0.2, -0.15) is 4.68 Å². The Bertz CT molecular complexity index is 1220. The van der Waals surface area contributed by atoms with Crippen LogP contribution in [0.5, 0.6) is 0 Å². The predicted molar refractivity (Wildman–Crippen MR) is 99.3 cm³/mol. The van der Waals surface area contributed by atoms with Gasteiger partial charge in [-0.25, -0.2) is 0 Å². The molecule has 0 atom stereocenters. The summed E-state index contributed by atoms with van der Waals surface area (Å²) in [4.78, 5) is 24.6. The molecule has 136 valence electrons. The largest absolute Gasteiger partial charge is 0.464 e. The van der Waals surface area contributed by atoms with Gasteiger partial charge >= 0.3 is 5.97 Å². The highest BCUT2D eigenvalue weighted by atomic mass is 16.5. The lowest BCUT2D eigenvalue weighted by molar-refractivity contribution is -0.147. The smallest absolute Gasteiger partial charge is 0.312 e. The zero-order valence-electron chi connectivity index (χ0n) is 14.9. The van der Waals surface area contributed by atoms with Crippen molar-refractivity contribution in [2.24, 2.45) is 0 Å². The number of hydrogen-bond donors (Lipinski definition) is 0. The van der Waals surface area contributed by atoms with E-state index in [1.807, 2.05) is 26.0 Å². The standard InChI is InChI=1S/C20H17N3O4/c1-12-7-8-15-14(10-26-19(15)13(12)2)9-18(24)27-11-23-20(25)16-5-3-4-6-17(16)21-22-23/h3-8,10H,9,11H2,1-2H3. The van der Waals surface area contributed by atoms with E-state index < -0.39 is 5.97 Å². The SMILES string of the molecule is Cc1ccc2c(CC(=O)OCn3nnc4ccccc4c3=O)coc2c1C. The fourth-order valence-corrected chi connectivity index (χ4v) is 2.97. The Morgan fingerprint density at radius 1 is 1.15 bits per heavy atom. The average Bonchev–Trinajstić information content (AvgIpc) is 3.08. The van der Waals surface area contributed by atoms with Gasteiger partial charge in [0.1, 0.15) is 11.1 Å². The van der Waals surface area contributed by atoms with Crippen molar-refractivity contribution in [1.29, 1.82) is 0 Å². The topological polar surface area (TPSA) is 87.2 Å². The van der Waals surface area contributed by atoms with E-state index in [0.29, 0.717) is 10.9 Å². The number of hydrogen-bond acceptors (Lipinski definition) is 6. The summed E-state index contributed by atoms with van der Waals surface area (Å²) in [5, 5.41) is 9.08. The molecule has 0 aliphatic rings. The number of fused-ring (bicyclic) bond motifs is 2. The van der Waals surface area contributed by atoms with Crippen molar-refractivity contribution >= 4 is 27.8 Å². The first-order valence-electron chi connectivity index (χ1n) is 8.49. The molecule has 0 N–H and O–H groups in total. The summed E-state index contributed by atoms with van der Waals surface area (Å²) in [5.41, 5.74) is 3.84. The number of esters is 1. The molecular weight excluding hydrogens is 346 g/mol. The zero-order chi connectivity index (χ0) is 19.0. The quantitative estimate of drug-likeness (QED) is 0.518. The molecule has 0 bridgehead atoms. The molecule has 0 fully saturated rings. The highest BCUT2D eigenvalue weighted by Gasteiger charge is 2.14. The second-order valence-electron chi connectivity index (χ2n) is 6.38. The lowest BCUT2D eigenvalue weighted by atomic mass is 10.0. The molecule has 4 aromatic rings. The summed E-state index contributed by atoms with van der Waals surface area (Å²) in [7, 11) is 0. The van der Waals surface area contributed by atoms with Gasteiger partial charge in [0.05, 0.1) is 18.1 Å². The van der Waals surface area contributed by atoms with Crippen molar-refractivity contribution in [1.82, 2.24) is 15.0 Å². The van der Waals surface area contributed by atoms with Gasteiger partial charge < -0.3 is 9.15 Å². The molecule has 2 aromatic heterocycles. The predicted octanol–water partition coefficient (Wildman–Crippen LogP) is 2.90. The van der Waals surface area contributed by atoms with Gasteiger partial charge in [0.2, 0.25) is 0 Å². The second kappa shape index (κ2) is 6.68. The maximum atomic E-state index is 12.4. The number of carbonyl (C=O) groups excluding carboxylic acids is 1. The Morgan fingerprint density at radius 3 is 2.81 bits per heavy atom. The summed E-state index contributed by atoms with van der Waals surface area (Å²) in [6, 6.07) is 10.8. The molecule has 4 rings (SSSR count). The van der Waals surface area contributed by atoms with Crippen LogP contribution in [0.25, 0.3) is 21.9 Å². The first-order valence-corrected chi connectivity index (χ1v) is 8.49. The molecule has 7 heteroatoms. The van der Waals surface area contributed by atoms with E-state index in [9.17, 15) is 9.59 Å². The molecule has 0 radical (unpaired) electrons. The van der Waals surface area contributed by atoms with Crippen molar-refractivity contribution in [2.45, 2.75) is 27.0 Å². The van der Waals surface area contributed by atoms with Crippen LogP contribution >= 0.6 is 0 Å². The molecule has 0 saturated carbocycles. The van der Waals surface area contributed by atoms with Crippen molar-refractivity contribution in [3.8, 4) is 0 Å². The van der Waals surface area contributed by atoms with E-state index >= 15 is 0 Å². The van der Waals surface area contributed by atoms with Crippen LogP contribution in [0.3, 0.4) is 0 Å². The third-order valence-corrected chi connectivity index (χ3v) is 4.65. The van der Waals surface area contributed by atoms with Crippen molar-refractivity contribution < 1.29 is 13.9 Å². The number of carbonyl (C=O) groups is 1. The summed E-state index contributed by atoms with van der Waals surface area (Å²) in [6.45, 7) is 3.70. The van der Waals surface area contributed by atoms with E-state index in [1.165, 1.54) is 0 Å². The van der Waals surface area contributed by atoms with Crippen LogP contribution in [0.15, 0.2) is 51.9 Å². The number of furan rings is 1. The minimum Gasteiger partial charge on any atom is -0.464 e. The second-order valence-corrected chi connectivity index (χ2v) is 6.38. The minimum atomic E-state index is -0.474. The van der Waals surface area contributed by atoms with Crippen molar-refractivity contribution in [2.75, 3.05) is 0 Å². The summed E-state index contributed by atoms with van der Waals surface area (Å²) >= 11 is 0. The number of rotatable bonds is 4. The molecule has 0 aliphatic heterocycles. The van der Waals surface area contributed by atoms with Crippen LogP contribution in [0.4, 0.5) is 0 Å². The highest BCUT2D eigenvalue weighted by Crippen LogP contribution is 2.26. The maximum Gasteiger partial charge on any atom is 0.312 e. The van der Waals surface area contributed by atoms with Gasteiger partial charge in [-0.15, -0.1) is 5.10 Å². The highest BCUT2D eigenvalue weighted by molar-refractivity contribution is 5.88. The molecule has 27 heavy (non-hydrogen) atoms. The molecule has 0 amide bonds. The molecule has 2 aromatic carbocycles. The van der Waals surface area contributed by atoms with Crippen LogP contribution in [-0.4, -0.2) is 21.0 Å². The number of aromatic nitrogens is 3. The molecule has 0 unspecified atom stereocenters. The van der Waals surface area contributed by atoms with E-state index in [0.717, 1.165) is 32.3 Å². The fraction of sp³-hybridized carbons (Fsp3) is 0.200. The molecule has 0 spiro atoms. The lowest BCUT2D eigenvalue weighted by Crippen LogP contribution is -2.26. The molecule has 2 heterocycles. The van der Waals surface area contributed by atoms with Gasteiger partial charge in [0.25, 0.3) is 5.56 Å². The van der Waals surface area contributed by atoms with Gasteiger partial charge in [-0.1, -0.05) is 29.5 Å². The summed E-state index contributed by atoms with van der Waals surface area (Å²) in [6.07, 6.45) is 1.62. The number of aryl methyl sites for hydroxylation is 2. The van der Waals surface area contributed by atoms with Crippen molar-refractivity contribution in [3.63, 3.8) is 0 Å². The van der Waals surface area contributed by atoms with Gasteiger partial charge in [-0.3, -0.25) is 9.59 Å². The van der Waals surface area contributed by atoms with Crippen LogP contribution in [0.1, 0.15) is 16.7 Å². The van der Waals surface area contributed by atoms with Crippen LogP contribution < -0.4 is 5.56 Å². The minimum absolute atomic E-state index is 0.0469. The first-order chi connectivity index (χ1) is 13.0. The summed E-state index contributed by atoms with van der Waals surface area (Å²) < 4.78 is 11.8. The van der Waals surface area contributed by atoms with E-state index in [1.54, 1.807) is 30.5 Å². The van der Waals surface area contributed by atoms with Gasteiger partial charge in [0, 0.05) is 10.9 Å². The normalized spacial score (nSPS) is 11.2. The van der Waals surface area contributed by atoms with Crippen LogP contribution in [0, 0.1) is 13.8 Å². The Morgan fingerprint density at radius 2 is 1.96 bits per heavy atom. The first kappa shape index (κ1) is 17.0. The molecule has 0 aliphatic carbocycles. The Kier molecular flexibility index (Phi) is 4.19. The lowest BCUT2D eigenvalue weighted by Gasteiger charge is -2.06. The molecular formula is C20H17N3O4. The van der Waals surface area contributed by atoms with E-state index in [2.05, 4.69) is 10.3 Å². The monoisotopic (exact) mass is 363 g/mol. The summed E-state index contributed by atoms with van der Waals surface area (Å²) in [5.74, 6) is -0.474. The fourth-order valence-electron chi connectivity index (χ4n) is 2.97. The van der Waals surface area contributed by atoms with Crippen molar-refractivity contribution in [3.05, 3.63) is 69.7 Å². The average molecular weight is 363 g/mol. The van der Waals surface area contributed by atoms with Gasteiger partial charge in [0.15, 0.2) is 6.73 Å². The van der Waals surface area contributed by atoms with Crippen LogP contribution in [0.2, 0.25) is 0 Å². The number of ether oxygens (including phenoxy) is 1. The number of nitrogens with zero attached hydrogens (tertiary/aromatic N) is 3. The molecule has 0 saturated heterocycles. The van der Waals surface area contributed by atoms with E-state index in [-0.39, 0.29) is 18.7 Å². The Hall–Kier alpha value is -3.48.